The van der Waals surface area contributed by atoms with Gasteiger partial charge in [0, 0.05) is 22.6 Å². The van der Waals surface area contributed by atoms with Gasteiger partial charge in [0.25, 0.3) is 0 Å². The van der Waals surface area contributed by atoms with Crippen molar-refractivity contribution < 1.29 is 14.2 Å². The van der Waals surface area contributed by atoms with Crippen molar-refractivity contribution in [2.45, 2.75) is 18.7 Å². The van der Waals surface area contributed by atoms with Crippen molar-refractivity contribution in [1.82, 2.24) is 5.01 Å². The molecule has 5 rings (SSSR count). The van der Waals surface area contributed by atoms with Crippen LogP contribution in [-0.4, -0.2) is 24.9 Å². The standard InChI is InChI=1S/C24H21ClN2O3/c1-28-18-8-3-15(4-9-18)21-14-22-20-13-17(25)7-12-23(20)30-24(27(22)26-21)16-5-10-19(29-2)11-6-16/h3-13,22,24H,14H2,1-2H3. The first-order valence-corrected chi connectivity index (χ1v) is 10.1. The average molecular weight is 421 g/mol. The van der Waals surface area contributed by atoms with Crippen LogP contribution in [-0.2, 0) is 0 Å². The fraction of sp³-hybridized carbons (Fsp3) is 0.208. The number of methoxy groups -OCH3 is 2. The summed E-state index contributed by atoms with van der Waals surface area (Å²) in [6, 6.07) is 21.7. The van der Waals surface area contributed by atoms with E-state index in [-0.39, 0.29) is 12.3 Å². The Labute approximate surface area is 180 Å². The molecule has 3 aromatic carbocycles. The summed E-state index contributed by atoms with van der Waals surface area (Å²) in [5.41, 5.74) is 4.15. The molecule has 0 saturated carbocycles. The molecular weight excluding hydrogens is 400 g/mol. The predicted octanol–water partition coefficient (Wildman–Crippen LogP) is 5.60. The van der Waals surface area contributed by atoms with Crippen molar-refractivity contribution in [2.75, 3.05) is 14.2 Å². The van der Waals surface area contributed by atoms with E-state index >= 15 is 0 Å². The summed E-state index contributed by atoms with van der Waals surface area (Å²) in [7, 11) is 3.33. The van der Waals surface area contributed by atoms with E-state index in [0.29, 0.717) is 5.02 Å². The molecule has 0 spiro atoms. The Balaban J connectivity index is 1.56. The first-order valence-electron chi connectivity index (χ1n) is 9.76. The average Bonchev–Trinajstić information content (AvgIpc) is 3.24. The number of ether oxygens (including phenoxy) is 3. The highest BCUT2D eigenvalue weighted by Gasteiger charge is 2.41. The molecule has 152 valence electrons. The van der Waals surface area contributed by atoms with Gasteiger partial charge in [-0.3, -0.25) is 0 Å². The molecule has 0 radical (unpaired) electrons. The Morgan fingerprint density at radius 1 is 0.933 bits per heavy atom. The van der Waals surface area contributed by atoms with Crippen LogP contribution in [0.25, 0.3) is 0 Å². The van der Waals surface area contributed by atoms with E-state index in [2.05, 4.69) is 0 Å². The molecule has 0 saturated heterocycles. The molecule has 3 aromatic rings. The summed E-state index contributed by atoms with van der Waals surface area (Å²) < 4.78 is 17.0. The number of benzene rings is 3. The summed E-state index contributed by atoms with van der Waals surface area (Å²) in [5, 5.41) is 7.71. The Morgan fingerprint density at radius 2 is 1.60 bits per heavy atom. The fourth-order valence-electron chi connectivity index (χ4n) is 4.00. The van der Waals surface area contributed by atoms with Gasteiger partial charge >= 0.3 is 0 Å². The van der Waals surface area contributed by atoms with Gasteiger partial charge in [-0.1, -0.05) is 11.6 Å². The number of hydrogen-bond acceptors (Lipinski definition) is 5. The third kappa shape index (κ3) is 3.25. The van der Waals surface area contributed by atoms with Crippen LogP contribution < -0.4 is 14.2 Å². The molecule has 0 aliphatic carbocycles. The van der Waals surface area contributed by atoms with E-state index in [9.17, 15) is 0 Å². The van der Waals surface area contributed by atoms with Crippen molar-refractivity contribution in [2.24, 2.45) is 5.10 Å². The molecule has 30 heavy (non-hydrogen) atoms. The Bertz CT molecular complexity index is 1100. The van der Waals surface area contributed by atoms with E-state index in [1.54, 1.807) is 14.2 Å². The molecule has 0 bridgehead atoms. The third-order valence-corrected chi connectivity index (χ3v) is 5.81. The number of fused-ring (bicyclic) bond motifs is 3. The smallest absolute Gasteiger partial charge is 0.213 e. The lowest BCUT2D eigenvalue weighted by atomic mass is 9.96. The highest BCUT2D eigenvalue weighted by atomic mass is 35.5. The van der Waals surface area contributed by atoms with Gasteiger partial charge in [-0.2, -0.15) is 5.10 Å². The first kappa shape index (κ1) is 18.8. The minimum Gasteiger partial charge on any atom is -0.497 e. The van der Waals surface area contributed by atoms with E-state index in [4.69, 9.17) is 30.9 Å². The summed E-state index contributed by atoms with van der Waals surface area (Å²) in [5.74, 6) is 2.47. The van der Waals surface area contributed by atoms with E-state index in [1.165, 1.54) is 0 Å². The maximum Gasteiger partial charge on any atom is 0.213 e. The maximum absolute atomic E-state index is 6.38. The van der Waals surface area contributed by atoms with Crippen molar-refractivity contribution in [3.63, 3.8) is 0 Å². The molecule has 2 heterocycles. The van der Waals surface area contributed by atoms with E-state index in [0.717, 1.165) is 46.1 Å². The van der Waals surface area contributed by atoms with Crippen molar-refractivity contribution in [3.8, 4) is 17.2 Å². The Kier molecular flexibility index (Phi) is 4.75. The summed E-state index contributed by atoms with van der Waals surface area (Å²) in [6.07, 6.45) is 0.445. The second-order valence-electron chi connectivity index (χ2n) is 7.30. The van der Waals surface area contributed by atoms with Crippen molar-refractivity contribution in [1.29, 1.82) is 0 Å². The van der Waals surface area contributed by atoms with Gasteiger partial charge in [0.05, 0.1) is 26.0 Å². The minimum absolute atomic E-state index is 0.0525. The molecular formula is C24H21ClN2O3. The molecule has 2 atom stereocenters. The van der Waals surface area contributed by atoms with Gasteiger partial charge in [-0.25, -0.2) is 5.01 Å². The quantitative estimate of drug-likeness (QED) is 0.551. The van der Waals surface area contributed by atoms with Crippen LogP contribution in [0.4, 0.5) is 0 Å². The second-order valence-corrected chi connectivity index (χ2v) is 7.74. The van der Waals surface area contributed by atoms with E-state index < -0.39 is 0 Å². The predicted molar refractivity (Wildman–Crippen MR) is 117 cm³/mol. The molecule has 0 fully saturated rings. The second kappa shape index (κ2) is 7.58. The summed E-state index contributed by atoms with van der Waals surface area (Å²) in [6.45, 7) is 0. The first-order chi connectivity index (χ1) is 14.7. The molecule has 2 unspecified atom stereocenters. The number of hydrazone groups is 1. The minimum atomic E-state index is -0.328. The van der Waals surface area contributed by atoms with Gasteiger partial charge in [-0.05, 0) is 72.3 Å². The normalized spacial score (nSPS) is 19.4. The monoisotopic (exact) mass is 420 g/mol. The molecule has 2 aliphatic rings. The molecule has 0 amide bonds. The number of nitrogens with zero attached hydrogens (tertiary/aromatic N) is 2. The number of rotatable bonds is 4. The van der Waals surface area contributed by atoms with Crippen LogP contribution in [0.5, 0.6) is 17.2 Å². The Morgan fingerprint density at radius 3 is 2.27 bits per heavy atom. The lowest BCUT2D eigenvalue weighted by Gasteiger charge is -2.38. The molecule has 2 aliphatic heterocycles. The maximum atomic E-state index is 6.38. The zero-order valence-corrected chi connectivity index (χ0v) is 17.5. The van der Waals surface area contributed by atoms with Crippen LogP contribution in [0.3, 0.4) is 0 Å². The van der Waals surface area contributed by atoms with Crippen LogP contribution in [0.1, 0.15) is 35.4 Å². The molecule has 0 aromatic heterocycles. The third-order valence-electron chi connectivity index (χ3n) is 5.58. The zero-order valence-electron chi connectivity index (χ0n) is 16.7. The topological polar surface area (TPSA) is 43.3 Å². The van der Waals surface area contributed by atoms with Gasteiger partial charge < -0.3 is 14.2 Å². The largest absolute Gasteiger partial charge is 0.497 e. The van der Waals surface area contributed by atoms with Crippen molar-refractivity contribution >= 4 is 17.3 Å². The highest BCUT2D eigenvalue weighted by molar-refractivity contribution is 6.30. The lowest BCUT2D eigenvalue weighted by molar-refractivity contribution is -0.0190. The van der Waals surface area contributed by atoms with Crippen LogP contribution >= 0.6 is 11.6 Å². The SMILES string of the molecule is COc1ccc(C2=NN3C(C2)c2cc(Cl)ccc2OC3c2ccc(OC)cc2)cc1. The molecule has 6 heteroatoms. The zero-order chi connectivity index (χ0) is 20.7. The highest BCUT2D eigenvalue weighted by Crippen LogP contribution is 2.48. The molecule has 5 nitrogen and oxygen atoms in total. The number of hydrogen-bond donors (Lipinski definition) is 0. The van der Waals surface area contributed by atoms with Crippen molar-refractivity contribution in [3.05, 3.63) is 88.4 Å². The van der Waals surface area contributed by atoms with Gasteiger partial charge in [0.1, 0.15) is 17.2 Å². The fourth-order valence-corrected chi connectivity index (χ4v) is 4.19. The summed E-state index contributed by atoms with van der Waals surface area (Å²) in [4.78, 5) is 0. The lowest BCUT2D eigenvalue weighted by Crippen LogP contribution is -2.33. The van der Waals surface area contributed by atoms with E-state index in [1.807, 2.05) is 71.7 Å². The van der Waals surface area contributed by atoms with Crippen LogP contribution in [0, 0.1) is 0 Å². The van der Waals surface area contributed by atoms with Crippen LogP contribution in [0.15, 0.2) is 71.8 Å². The van der Waals surface area contributed by atoms with Crippen LogP contribution in [0.2, 0.25) is 5.02 Å². The summed E-state index contributed by atoms with van der Waals surface area (Å²) >= 11 is 6.30. The van der Waals surface area contributed by atoms with Gasteiger partial charge in [0.15, 0.2) is 0 Å². The van der Waals surface area contributed by atoms with Gasteiger partial charge in [-0.15, -0.1) is 0 Å². The van der Waals surface area contributed by atoms with Gasteiger partial charge in [0.2, 0.25) is 6.23 Å². The Hall–Kier alpha value is -3.18. The number of halogens is 1. The molecule has 0 N–H and O–H groups in total.